The summed E-state index contributed by atoms with van der Waals surface area (Å²) in [7, 11) is 0. The second-order valence-electron chi connectivity index (χ2n) is 6.09. The van der Waals surface area contributed by atoms with Crippen molar-refractivity contribution in [2.24, 2.45) is 0 Å². The predicted octanol–water partition coefficient (Wildman–Crippen LogP) is 3.23. The van der Waals surface area contributed by atoms with Crippen LogP contribution in [0.15, 0.2) is 79.1 Å². The number of esters is 1. The largest absolute Gasteiger partial charge is 0.461 e. The molecule has 3 rings (SSSR count). The number of nitrogens with zero attached hydrogens (tertiary/aromatic N) is 1. The first-order valence-corrected chi connectivity index (χ1v) is 8.85. The number of hydrogen-bond donors (Lipinski definition) is 2. The molecule has 3 aromatic rings. The van der Waals surface area contributed by atoms with Crippen molar-refractivity contribution in [1.82, 2.24) is 10.3 Å². The van der Waals surface area contributed by atoms with E-state index in [9.17, 15) is 9.90 Å². The highest BCUT2D eigenvalue weighted by Gasteiger charge is 2.09. The van der Waals surface area contributed by atoms with Gasteiger partial charge in [0.25, 0.3) is 0 Å². The molecule has 0 radical (unpaired) electrons. The molecule has 0 aliphatic carbocycles. The third kappa shape index (κ3) is 5.48. The Labute approximate surface area is 158 Å². The quantitative estimate of drug-likeness (QED) is 0.475. The number of carbonyl (C=O) groups is 1. The minimum atomic E-state index is -0.639. The van der Waals surface area contributed by atoms with Crippen LogP contribution in [0.2, 0.25) is 0 Å². The van der Waals surface area contributed by atoms with Crippen LogP contribution in [0, 0.1) is 0 Å². The molecule has 0 aliphatic heterocycles. The molecule has 1 unspecified atom stereocenters. The van der Waals surface area contributed by atoms with Crippen LogP contribution >= 0.6 is 0 Å². The number of carbonyl (C=O) groups excluding carboxylic acids is 1. The van der Waals surface area contributed by atoms with Gasteiger partial charge in [0, 0.05) is 31.0 Å². The maximum Gasteiger partial charge on any atom is 0.338 e. The van der Waals surface area contributed by atoms with Crippen molar-refractivity contribution in [3.05, 3.63) is 90.3 Å². The molecule has 0 spiro atoms. The Morgan fingerprint density at radius 2 is 1.74 bits per heavy atom. The van der Waals surface area contributed by atoms with Gasteiger partial charge in [0.15, 0.2) is 0 Å². The number of aromatic nitrogens is 1. The van der Waals surface area contributed by atoms with Gasteiger partial charge in [-0.1, -0.05) is 48.5 Å². The lowest BCUT2D eigenvalue weighted by Gasteiger charge is -2.12. The summed E-state index contributed by atoms with van der Waals surface area (Å²) >= 11 is 0. The zero-order chi connectivity index (χ0) is 18.9. The topological polar surface area (TPSA) is 71.5 Å². The summed E-state index contributed by atoms with van der Waals surface area (Å²) in [6.45, 7) is 1.07. The zero-order valence-electron chi connectivity index (χ0n) is 14.9. The summed E-state index contributed by atoms with van der Waals surface area (Å²) in [5.41, 5.74) is 3.43. The van der Waals surface area contributed by atoms with Gasteiger partial charge in [-0.3, -0.25) is 4.98 Å². The molecule has 1 atom stereocenters. The van der Waals surface area contributed by atoms with E-state index in [0.29, 0.717) is 18.7 Å². The summed E-state index contributed by atoms with van der Waals surface area (Å²) in [5, 5.41) is 13.1. The lowest BCUT2D eigenvalue weighted by atomic mass is 10.0. The molecule has 0 fully saturated rings. The summed E-state index contributed by atoms with van der Waals surface area (Å²) in [4.78, 5) is 16.1. The number of rotatable bonds is 8. The third-order valence-electron chi connectivity index (χ3n) is 4.15. The van der Waals surface area contributed by atoms with E-state index in [4.69, 9.17) is 4.74 Å². The fourth-order valence-electron chi connectivity index (χ4n) is 2.66. The Kier molecular flexibility index (Phi) is 6.68. The SMILES string of the molecule is O=C(OCCNCC(O)c1cccnc1)c1ccc(-c2ccccc2)cc1. The molecule has 1 heterocycles. The Morgan fingerprint density at radius 3 is 2.44 bits per heavy atom. The number of aliphatic hydroxyl groups is 1. The Bertz CT molecular complexity index is 836. The fraction of sp³-hybridized carbons (Fsp3) is 0.182. The van der Waals surface area contributed by atoms with Gasteiger partial charge in [0.05, 0.1) is 11.7 Å². The minimum Gasteiger partial charge on any atom is -0.461 e. The average molecular weight is 362 g/mol. The second kappa shape index (κ2) is 9.62. The van der Waals surface area contributed by atoms with Crippen molar-refractivity contribution in [3.8, 4) is 11.1 Å². The molecule has 27 heavy (non-hydrogen) atoms. The third-order valence-corrected chi connectivity index (χ3v) is 4.15. The number of nitrogens with one attached hydrogen (secondary N) is 1. The van der Waals surface area contributed by atoms with Crippen LogP contribution in [0.3, 0.4) is 0 Å². The maximum atomic E-state index is 12.1. The van der Waals surface area contributed by atoms with Crippen molar-refractivity contribution >= 4 is 5.97 Å². The Morgan fingerprint density at radius 1 is 1.00 bits per heavy atom. The van der Waals surface area contributed by atoms with Gasteiger partial charge in [-0.2, -0.15) is 0 Å². The average Bonchev–Trinajstić information content (AvgIpc) is 2.74. The van der Waals surface area contributed by atoms with E-state index in [1.54, 1.807) is 30.6 Å². The normalized spacial score (nSPS) is 11.7. The van der Waals surface area contributed by atoms with E-state index < -0.39 is 6.10 Å². The molecule has 2 N–H and O–H groups in total. The second-order valence-corrected chi connectivity index (χ2v) is 6.09. The Hall–Kier alpha value is -3.02. The standard InChI is InChI=1S/C22H22N2O3/c25-21(20-7-4-12-23-15-20)16-24-13-14-27-22(26)19-10-8-18(9-11-19)17-5-2-1-3-6-17/h1-12,15,21,24-25H,13-14,16H2. The first-order valence-electron chi connectivity index (χ1n) is 8.85. The van der Waals surface area contributed by atoms with Gasteiger partial charge in [-0.15, -0.1) is 0 Å². The fourth-order valence-corrected chi connectivity index (χ4v) is 2.66. The molecule has 0 amide bonds. The van der Waals surface area contributed by atoms with E-state index in [1.807, 2.05) is 48.5 Å². The highest BCUT2D eigenvalue weighted by atomic mass is 16.5. The molecule has 0 saturated carbocycles. The number of hydrogen-bond acceptors (Lipinski definition) is 5. The molecule has 1 aromatic heterocycles. The van der Waals surface area contributed by atoms with Crippen molar-refractivity contribution in [2.45, 2.75) is 6.10 Å². The van der Waals surface area contributed by atoms with Crippen LogP contribution in [0.4, 0.5) is 0 Å². The molecule has 5 heteroatoms. The molecule has 0 aliphatic rings. The lowest BCUT2D eigenvalue weighted by molar-refractivity contribution is 0.0505. The van der Waals surface area contributed by atoms with Crippen LogP contribution in [-0.2, 0) is 4.74 Å². The monoisotopic (exact) mass is 362 g/mol. The summed E-state index contributed by atoms with van der Waals surface area (Å²) in [6, 6.07) is 20.9. The van der Waals surface area contributed by atoms with Gasteiger partial charge in [-0.25, -0.2) is 4.79 Å². The van der Waals surface area contributed by atoms with Crippen LogP contribution in [0.1, 0.15) is 22.0 Å². The lowest BCUT2D eigenvalue weighted by Crippen LogP contribution is -2.26. The number of pyridine rings is 1. The number of benzene rings is 2. The maximum absolute atomic E-state index is 12.1. The highest BCUT2D eigenvalue weighted by molar-refractivity contribution is 5.90. The predicted molar refractivity (Wildman–Crippen MR) is 104 cm³/mol. The van der Waals surface area contributed by atoms with E-state index >= 15 is 0 Å². The van der Waals surface area contributed by atoms with Crippen LogP contribution in [0.25, 0.3) is 11.1 Å². The van der Waals surface area contributed by atoms with Crippen LogP contribution in [0.5, 0.6) is 0 Å². The van der Waals surface area contributed by atoms with Gasteiger partial charge in [0.2, 0.25) is 0 Å². The highest BCUT2D eigenvalue weighted by Crippen LogP contribution is 2.19. The van der Waals surface area contributed by atoms with Gasteiger partial charge < -0.3 is 15.2 Å². The summed E-state index contributed by atoms with van der Waals surface area (Å²) in [5.74, 6) is -0.357. The van der Waals surface area contributed by atoms with Crippen LogP contribution in [-0.4, -0.2) is 35.8 Å². The molecule has 0 bridgehead atoms. The molecule has 0 saturated heterocycles. The number of ether oxygens (including phenoxy) is 1. The summed E-state index contributed by atoms with van der Waals surface area (Å²) in [6.07, 6.45) is 2.65. The van der Waals surface area contributed by atoms with Crippen molar-refractivity contribution < 1.29 is 14.6 Å². The molecule has 138 valence electrons. The van der Waals surface area contributed by atoms with Crippen molar-refractivity contribution in [1.29, 1.82) is 0 Å². The molecular formula is C22H22N2O3. The van der Waals surface area contributed by atoms with E-state index in [1.165, 1.54) is 0 Å². The van der Waals surface area contributed by atoms with E-state index in [-0.39, 0.29) is 12.6 Å². The van der Waals surface area contributed by atoms with Gasteiger partial charge in [-0.05, 0) is 29.3 Å². The minimum absolute atomic E-state index is 0.235. The first-order chi connectivity index (χ1) is 13.2. The Balaban J connectivity index is 1.40. The van der Waals surface area contributed by atoms with Gasteiger partial charge in [0.1, 0.15) is 6.61 Å². The zero-order valence-corrected chi connectivity index (χ0v) is 14.9. The van der Waals surface area contributed by atoms with Crippen molar-refractivity contribution in [2.75, 3.05) is 19.7 Å². The molecular weight excluding hydrogens is 340 g/mol. The molecule has 2 aromatic carbocycles. The van der Waals surface area contributed by atoms with Crippen molar-refractivity contribution in [3.63, 3.8) is 0 Å². The van der Waals surface area contributed by atoms with Crippen LogP contribution < -0.4 is 5.32 Å². The first kappa shape index (κ1) is 18.8. The number of aliphatic hydroxyl groups excluding tert-OH is 1. The molecule has 5 nitrogen and oxygen atoms in total. The summed E-state index contributed by atoms with van der Waals surface area (Å²) < 4.78 is 5.27. The van der Waals surface area contributed by atoms with Gasteiger partial charge >= 0.3 is 5.97 Å². The van der Waals surface area contributed by atoms with E-state index in [0.717, 1.165) is 16.7 Å². The van der Waals surface area contributed by atoms with E-state index in [2.05, 4.69) is 10.3 Å². The smallest absolute Gasteiger partial charge is 0.338 e.